The van der Waals surface area contributed by atoms with E-state index in [-0.39, 0.29) is 17.8 Å². The predicted octanol–water partition coefficient (Wildman–Crippen LogP) is 2.76. The number of anilines is 2. The first-order chi connectivity index (χ1) is 14.5. The monoisotopic (exact) mass is 410 g/mol. The number of carbonyl (C=O) groups excluding carboxylic acids is 1. The first-order valence-corrected chi connectivity index (χ1v) is 10.3. The molecule has 1 aromatic heterocycles. The van der Waals surface area contributed by atoms with E-state index in [0.717, 1.165) is 24.1 Å². The van der Waals surface area contributed by atoms with Crippen LogP contribution in [0.2, 0.25) is 0 Å². The minimum Gasteiger partial charge on any atom is -0.351 e. The summed E-state index contributed by atoms with van der Waals surface area (Å²) in [6, 6.07) is 7.84. The van der Waals surface area contributed by atoms with Crippen LogP contribution in [0.4, 0.5) is 15.9 Å². The molecular weight excluding hydrogens is 383 g/mol. The summed E-state index contributed by atoms with van der Waals surface area (Å²) in [5.41, 5.74) is 2.89. The molecule has 7 nitrogen and oxygen atoms in total. The summed E-state index contributed by atoms with van der Waals surface area (Å²) in [5, 5.41) is 21.2. The van der Waals surface area contributed by atoms with E-state index in [1.807, 2.05) is 20.8 Å². The van der Waals surface area contributed by atoms with Gasteiger partial charge in [0.1, 0.15) is 17.4 Å². The van der Waals surface area contributed by atoms with E-state index >= 15 is 0 Å². The van der Waals surface area contributed by atoms with Crippen molar-refractivity contribution in [2.45, 2.75) is 39.7 Å². The molecule has 8 heteroatoms. The molecule has 0 radical (unpaired) electrons. The summed E-state index contributed by atoms with van der Waals surface area (Å²) in [5.74, 6) is 0.0687. The summed E-state index contributed by atoms with van der Waals surface area (Å²) in [6.07, 6.45) is 1.49. The molecule has 0 bridgehead atoms. The van der Waals surface area contributed by atoms with Gasteiger partial charge in [0.25, 0.3) is 0 Å². The molecule has 2 aromatic rings. The maximum atomic E-state index is 13.3. The average molecular weight is 410 g/mol. The Hall–Kier alpha value is -3.05. The molecule has 1 N–H and O–H groups in total. The van der Waals surface area contributed by atoms with Crippen LogP contribution in [0.25, 0.3) is 0 Å². The van der Waals surface area contributed by atoms with E-state index in [9.17, 15) is 14.4 Å². The predicted molar refractivity (Wildman–Crippen MR) is 114 cm³/mol. The third kappa shape index (κ3) is 4.57. The lowest BCUT2D eigenvalue weighted by Crippen LogP contribution is -2.53. The van der Waals surface area contributed by atoms with Crippen LogP contribution in [0.3, 0.4) is 0 Å². The zero-order valence-electron chi connectivity index (χ0n) is 17.7. The molecule has 2 heterocycles. The van der Waals surface area contributed by atoms with Crippen molar-refractivity contribution in [3.63, 3.8) is 0 Å². The molecule has 1 fully saturated rings. The number of benzene rings is 1. The van der Waals surface area contributed by atoms with Gasteiger partial charge in [-0.2, -0.15) is 10.4 Å². The van der Waals surface area contributed by atoms with Crippen LogP contribution in [0.15, 0.2) is 24.3 Å². The minimum atomic E-state index is -0.385. The van der Waals surface area contributed by atoms with Gasteiger partial charge in [-0.25, -0.2) is 4.39 Å². The maximum Gasteiger partial charge on any atom is 0.241 e. The van der Waals surface area contributed by atoms with Gasteiger partial charge in [-0.3, -0.25) is 9.69 Å². The smallest absolute Gasteiger partial charge is 0.241 e. The van der Waals surface area contributed by atoms with E-state index in [2.05, 4.69) is 31.4 Å². The first-order valence-electron chi connectivity index (χ1n) is 10.3. The molecule has 1 aromatic carbocycles. The molecule has 30 heavy (non-hydrogen) atoms. The third-order valence-electron chi connectivity index (χ3n) is 5.57. The van der Waals surface area contributed by atoms with Crippen molar-refractivity contribution < 1.29 is 9.18 Å². The molecule has 3 rings (SSSR count). The van der Waals surface area contributed by atoms with Gasteiger partial charge < -0.3 is 10.2 Å². The fraction of sp³-hybridized carbons (Fsp3) is 0.455. The number of piperazine rings is 1. The lowest BCUT2D eigenvalue weighted by molar-refractivity contribution is -0.120. The quantitative estimate of drug-likeness (QED) is 0.788. The Morgan fingerprint density at radius 2 is 1.97 bits per heavy atom. The van der Waals surface area contributed by atoms with E-state index < -0.39 is 0 Å². The Labute approximate surface area is 176 Å². The summed E-state index contributed by atoms with van der Waals surface area (Å²) < 4.78 is 13.3. The molecule has 158 valence electrons. The van der Waals surface area contributed by atoms with Crippen molar-refractivity contribution in [1.29, 1.82) is 5.26 Å². The SMILES string of the molecule is CCc1nnc(N2CCN(C(C)C(=O)Nc3cccc(F)c3)CC2)c(C#N)c1CC. The van der Waals surface area contributed by atoms with Crippen molar-refractivity contribution in [2.75, 3.05) is 36.4 Å². The van der Waals surface area contributed by atoms with Gasteiger partial charge in [0.2, 0.25) is 5.91 Å². The fourth-order valence-electron chi connectivity index (χ4n) is 3.80. The number of aryl methyl sites for hydroxylation is 1. The highest BCUT2D eigenvalue weighted by Gasteiger charge is 2.28. The van der Waals surface area contributed by atoms with Gasteiger partial charge >= 0.3 is 0 Å². The second-order valence-corrected chi connectivity index (χ2v) is 7.34. The van der Waals surface area contributed by atoms with Crippen LogP contribution in [-0.2, 0) is 17.6 Å². The first kappa shape index (κ1) is 21.7. The summed E-state index contributed by atoms with van der Waals surface area (Å²) in [4.78, 5) is 16.7. The van der Waals surface area contributed by atoms with Gasteiger partial charge in [0.15, 0.2) is 5.82 Å². The lowest BCUT2D eigenvalue weighted by atomic mass is 10.0. The number of amides is 1. The third-order valence-corrected chi connectivity index (χ3v) is 5.57. The molecule has 1 atom stereocenters. The topological polar surface area (TPSA) is 85.2 Å². The Morgan fingerprint density at radius 1 is 1.23 bits per heavy atom. The highest BCUT2D eigenvalue weighted by Crippen LogP contribution is 2.24. The maximum absolute atomic E-state index is 13.3. The van der Waals surface area contributed by atoms with Crippen LogP contribution < -0.4 is 10.2 Å². The van der Waals surface area contributed by atoms with Crippen LogP contribution in [0, 0.1) is 17.1 Å². The number of carbonyl (C=O) groups is 1. The number of nitrogens with zero attached hydrogens (tertiary/aromatic N) is 5. The van der Waals surface area contributed by atoms with E-state index in [1.54, 1.807) is 12.1 Å². The molecule has 1 saturated heterocycles. The molecule has 1 amide bonds. The Morgan fingerprint density at radius 3 is 2.57 bits per heavy atom. The van der Waals surface area contributed by atoms with E-state index in [4.69, 9.17) is 0 Å². The number of nitriles is 1. The Kier molecular flexibility index (Phi) is 6.95. The highest BCUT2D eigenvalue weighted by atomic mass is 19.1. The van der Waals surface area contributed by atoms with Crippen LogP contribution in [0.5, 0.6) is 0 Å². The molecule has 0 saturated carbocycles. The van der Waals surface area contributed by atoms with Gasteiger partial charge in [0, 0.05) is 31.9 Å². The lowest BCUT2D eigenvalue weighted by Gasteiger charge is -2.38. The number of aromatic nitrogens is 2. The van der Waals surface area contributed by atoms with Gasteiger partial charge in [-0.1, -0.05) is 19.9 Å². The second-order valence-electron chi connectivity index (χ2n) is 7.34. The van der Waals surface area contributed by atoms with Crippen molar-refractivity contribution in [3.05, 3.63) is 46.9 Å². The van der Waals surface area contributed by atoms with Crippen LogP contribution in [-0.4, -0.2) is 53.2 Å². The standard InChI is InChI=1S/C22H27FN6O/c1-4-18-19(14-24)21(27-26-20(18)5-2)29-11-9-28(10-12-29)15(3)22(30)25-17-8-6-7-16(23)13-17/h6-8,13,15H,4-5,9-12H2,1-3H3,(H,25,30). The number of hydrogen-bond donors (Lipinski definition) is 1. The zero-order valence-corrected chi connectivity index (χ0v) is 17.7. The Bertz CT molecular complexity index is 949. The van der Waals surface area contributed by atoms with Gasteiger partial charge in [0.05, 0.1) is 11.7 Å². The summed E-state index contributed by atoms with van der Waals surface area (Å²) in [6.45, 7) is 8.49. The van der Waals surface area contributed by atoms with Crippen molar-refractivity contribution >= 4 is 17.4 Å². The van der Waals surface area contributed by atoms with Gasteiger partial charge in [-0.15, -0.1) is 5.10 Å². The van der Waals surface area contributed by atoms with Crippen LogP contribution >= 0.6 is 0 Å². The fourth-order valence-corrected chi connectivity index (χ4v) is 3.80. The van der Waals surface area contributed by atoms with Crippen molar-refractivity contribution in [1.82, 2.24) is 15.1 Å². The number of hydrogen-bond acceptors (Lipinski definition) is 6. The molecule has 1 unspecified atom stereocenters. The molecule has 1 aliphatic heterocycles. The van der Waals surface area contributed by atoms with E-state index in [1.165, 1.54) is 12.1 Å². The Balaban J connectivity index is 1.66. The normalized spacial score (nSPS) is 15.5. The minimum absolute atomic E-state index is 0.174. The zero-order chi connectivity index (χ0) is 21.7. The molecule has 0 spiro atoms. The second kappa shape index (κ2) is 9.63. The summed E-state index contributed by atoms with van der Waals surface area (Å²) in [7, 11) is 0. The average Bonchev–Trinajstić information content (AvgIpc) is 2.77. The molecule has 0 aliphatic carbocycles. The molecular formula is C22H27FN6O. The van der Waals surface area contributed by atoms with Crippen LogP contribution in [0.1, 0.15) is 37.6 Å². The highest BCUT2D eigenvalue weighted by molar-refractivity contribution is 5.94. The summed E-state index contributed by atoms with van der Waals surface area (Å²) >= 11 is 0. The van der Waals surface area contributed by atoms with E-state index in [0.29, 0.717) is 43.2 Å². The largest absolute Gasteiger partial charge is 0.351 e. The number of rotatable bonds is 6. The van der Waals surface area contributed by atoms with Crippen molar-refractivity contribution in [3.8, 4) is 6.07 Å². The van der Waals surface area contributed by atoms with Crippen molar-refractivity contribution in [2.24, 2.45) is 0 Å². The molecule has 1 aliphatic rings. The van der Waals surface area contributed by atoms with Gasteiger partial charge in [-0.05, 0) is 43.5 Å². The number of nitrogens with one attached hydrogen (secondary N) is 1. The number of halogens is 1.